The number of unbranched alkanes of at least 4 members (excludes halogenated alkanes) is 3. The molecule has 0 saturated heterocycles. The minimum Gasteiger partial charge on any atom is -0.461 e. The van der Waals surface area contributed by atoms with E-state index in [4.69, 9.17) is 15.2 Å². The van der Waals surface area contributed by atoms with Crippen molar-refractivity contribution in [3.63, 3.8) is 0 Å². The quantitative estimate of drug-likeness (QED) is 0.222. The monoisotopic (exact) mass is 497 g/mol. The smallest absolute Gasteiger partial charge is 0.357 e. The van der Waals surface area contributed by atoms with Crippen LogP contribution in [0.2, 0.25) is 0 Å². The van der Waals surface area contributed by atoms with E-state index in [0.29, 0.717) is 31.9 Å². The van der Waals surface area contributed by atoms with Crippen molar-refractivity contribution < 1.29 is 19.1 Å². The first-order valence-corrected chi connectivity index (χ1v) is 13.9. The van der Waals surface area contributed by atoms with Gasteiger partial charge in [0.15, 0.2) is 5.69 Å². The molecule has 1 rings (SSSR count). The fourth-order valence-electron chi connectivity index (χ4n) is 3.99. The summed E-state index contributed by atoms with van der Waals surface area (Å²) in [5.41, 5.74) is 6.73. The highest BCUT2D eigenvalue weighted by Gasteiger charge is 2.34. The van der Waals surface area contributed by atoms with Gasteiger partial charge in [0.1, 0.15) is 11.1 Å². The van der Waals surface area contributed by atoms with E-state index in [0.717, 1.165) is 37.1 Å². The third-order valence-electron chi connectivity index (χ3n) is 6.35. The maximum absolute atomic E-state index is 13.6. The van der Waals surface area contributed by atoms with Gasteiger partial charge in [0.2, 0.25) is 5.91 Å². The summed E-state index contributed by atoms with van der Waals surface area (Å²) in [6, 6.07) is -0.561. The van der Waals surface area contributed by atoms with Crippen molar-refractivity contribution in [2.24, 2.45) is 17.6 Å². The van der Waals surface area contributed by atoms with Gasteiger partial charge in [-0.2, -0.15) is 0 Å². The summed E-state index contributed by atoms with van der Waals surface area (Å²) < 4.78 is 11.2. The minimum absolute atomic E-state index is 0.0196. The molecule has 7 nitrogen and oxygen atoms in total. The van der Waals surface area contributed by atoms with Crippen molar-refractivity contribution in [3.8, 4) is 0 Å². The number of hydrogen-bond donors (Lipinski definition) is 1. The Morgan fingerprint density at radius 2 is 1.79 bits per heavy atom. The number of aromatic nitrogens is 1. The third-order valence-corrected chi connectivity index (χ3v) is 7.29. The van der Waals surface area contributed by atoms with Gasteiger partial charge in [-0.15, -0.1) is 11.3 Å². The molecular formula is C26H47N3O4S. The average molecular weight is 498 g/mol. The summed E-state index contributed by atoms with van der Waals surface area (Å²) in [5.74, 6) is -0.0713. The van der Waals surface area contributed by atoms with Gasteiger partial charge >= 0.3 is 5.97 Å². The Balaban J connectivity index is 3.20. The largest absolute Gasteiger partial charge is 0.461 e. The van der Waals surface area contributed by atoms with Gasteiger partial charge in [-0.05, 0) is 32.1 Å². The van der Waals surface area contributed by atoms with Crippen LogP contribution < -0.4 is 5.73 Å². The highest BCUT2D eigenvalue weighted by atomic mass is 32.1. The van der Waals surface area contributed by atoms with Crippen molar-refractivity contribution >= 4 is 23.2 Å². The molecule has 0 unspecified atom stereocenters. The Labute approximate surface area is 210 Å². The zero-order chi connectivity index (χ0) is 25.7. The first kappa shape index (κ1) is 30.5. The summed E-state index contributed by atoms with van der Waals surface area (Å²) in [7, 11) is 0. The number of ether oxygens (including phenoxy) is 2. The van der Waals surface area contributed by atoms with Gasteiger partial charge in [-0.25, -0.2) is 9.78 Å². The number of carbonyl (C=O) groups is 2. The molecule has 0 aliphatic heterocycles. The lowest BCUT2D eigenvalue weighted by Gasteiger charge is -2.38. The Kier molecular flexibility index (Phi) is 14.6. The molecular weight excluding hydrogens is 450 g/mol. The number of nitrogens with two attached hydrogens (primary N) is 1. The van der Waals surface area contributed by atoms with Crippen molar-refractivity contribution in [2.75, 3.05) is 19.8 Å². The third kappa shape index (κ3) is 9.27. The van der Waals surface area contributed by atoms with E-state index in [1.54, 1.807) is 12.3 Å². The SMILES string of the molecule is CCCCCCN(C(=O)[C@@H](N)[C@@H](C)CC)[C@H](C[C@@H](OCC)c1nc(C(=O)OCC)cs1)C(C)C. The Hall–Kier alpha value is -1.51. The molecule has 1 heterocycles. The normalized spacial score (nSPS) is 15.1. The van der Waals surface area contributed by atoms with E-state index in [-0.39, 0.29) is 29.9 Å². The molecule has 0 radical (unpaired) electrons. The van der Waals surface area contributed by atoms with Crippen molar-refractivity contribution in [1.82, 2.24) is 9.88 Å². The molecule has 0 spiro atoms. The molecule has 0 aromatic carbocycles. The van der Waals surface area contributed by atoms with E-state index in [9.17, 15) is 9.59 Å². The number of amides is 1. The average Bonchev–Trinajstić information content (AvgIpc) is 3.31. The fourth-order valence-corrected chi connectivity index (χ4v) is 4.84. The number of carbonyl (C=O) groups excluding carboxylic acids is 2. The highest BCUT2D eigenvalue weighted by Crippen LogP contribution is 2.31. The van der Waals surface area contributed by atoms with E-state index in [1.807, 2.05) is 18.7 Å². The van der Waals surface area contributed by atoms with Crippen LogP contribution in [-0.4, -0.2) is 53.6 Å². The molecule has 8 heteroatoms. The molecule has 0 fully saturated rings. The molecule has 1 aromatic rings. The summed E-state index contributed by atoms with van der Waals surface area (Å²) in [6.07, 6.45) is 5.51. The fraction of sp³-hybridized carbons (Fsp3) is 0.808. The molecule has 34 heavy (non-hydrogen) atoms. The lowest BCUT2D eigenvalue weighted by atomic mass is 9.92. The first-order valence-electron chi connectivity index (χ1n) is 13.0. The topological polar surface area (TPSA) is 94.8 Å². The Morgan fingerprint density at radius 1 is 1.09 bits per heavy atom. The van der Waals surface area contributed by atoms with Crippen LogP contribution in [0.4, 0.5) is 0 Å². The van der Waals surface area contributed by atoms with Crippen LogP contribution in [0.25, 0.3) is 0 Å². The van der Waals surface area contributed by atoms with Crippen molar-refractivity contribution in [2.45, 2.75) is 105 Å². The van der Waals surface area contributed by atoms with E-state index in [2.05, 4.69) is 32.7 Å². The molecule has 0 bridgehead atoms. The predicted octanol–water partition coefficient (Wildman–Crippen LogP) is 5.59. The molecule has 1 aromatic heterocycles. The van der Waals surface area contributed by atoms with E-state index < -0.39 is 12.0 Å². The van der Waals surface area contributed by atoms with Crippen LogP contribution in [-0.2, 0) is 14.3 Å². The summed E-state index contributed by atoms with van der Waals surface area (Å²) in [4.78, 5) is 32.2. The second-order valence-corrected chi connectivity index (χ2v) is 10.2. The van der Waals surface area contributed by atoms with Crippen LogP contribution in [0.1, 0.15) is 109 Å². The Bertz CT molecular complexity index is 725. The van der Waals surface area contributed by atoms with Gasteiger partial charge in [-0.3, -0.25) is 4.79 Å². The standard InChI is InChI=1S/C26H47N3O4S/c1-8-12-13-14-15-29(25(30)23(27)19(7)9-2)21(18(5)6)16-22(32-10-3)24-28-20(17-34-24)26(31)33-11-4/h17-19,21-23H,8-16,27H2,1-7H3/t19-,21+,22+,23-/m0/s1. The summed E-state index contributed by atoms with van der Waals surface area (Å²) in [5, 5.41) is 2.45. The van der Waals surface area contributed by atoms with Gasteiger partial charge < -0.3 is 20.1 Å². The van der Waals surface area contributed by atoms with Gasteiger partial charge in [0.25, 0.3) is 0 Å². The van der Waals surface area contributed by atoms with Gasteiger partial charge in [0, 0.05) is 31.0 Å². The second kappa shape index (κ2) is 16.2. The molecule has 2 N–H and O–H groups in total. The van der Waals surface area contributed by atoms with Crippen LogP contribution >= 0.6 is 11.3 Å². The highest BCUT2D eigenvalue weighted by molar-refractivity contribution is 7.09. The second-order valence-electron chi connectivity index (χ2n) is 9.29. The number of esters is 1. The maximum Gasteiger partial charge on any atom is 0.357 e. The molecule has 0 saturated carbocycles. The first-order chi connectivity index (χ1) is 16.2. The van der Waals surface area contributed by atoms with Crippen LogP contribution in [0.5, 0.6) is 0 Å². The number of rotatable bonds is 17. The predicted molar refractivity (Wildman–Crippen MR) is 139 cm³/mol. The molecule has 4 atom stereocenters. The molecule has 0 aliphatic rings. The van der Waals surface area contributed by atoms with Gasteiger partial charge in [0.05, 0.1) is 12.6 Å². The van der Waals surface area contributed by atoms with Crippen LogP contribution in [0.3, 0.4) is 0 Å². The Morgan fingerprint density at radius 3 is 2.35 bits per heavy atom. The number of thiazole rings is 1. The van der Waals surface area contributed by atoms with Crippen LogP contribution in [0.15, 0.2) is 5.38 Å². The number of hydrogen-bond acceptors (Lipinski definition) is 7. The molecule has 196 valence electrons. The summed E-state index contributed by atoms with van der Waals surface area (Å²) >= 11 is 1.40. The van der Waals surface area contributed by atoms with Crippen LogP contribution in [0, 0.1) is 11.8 Å². The van der Waals surface area contributed by atoms with Crippen molar-refractivity contribution in [3.05, 3.63) is 16.1 Å². The lowest BCUT2D eigenvalue weighted by Crippen LogP contribution is -2.53. The number of nitrogens with zero attached hydrogens (tertiary/aromatic N) is 2. The van der Waals surface area contributed by atoms with E-state index >= 15 is 0 Å². The van der Waals surface area contributed by atoms with Crippen molar-refractivity contribution in [1.29, 1.82) is 0 Å². The minimum atomic E-state index is -0.516. The zero-order valence-electron chi connectivity index (χ0n) is 22.3. The van der Waals surface area contributed by atoms with Gasteiger partial charge in [-0.1, -0.05) is 60.3 Å². The molecule has 1 amide bonds. The summed E-state index contributed by atoms with van der Waals surface area (Å²) in [6.45, 7) is 15.8. The zero-order valence-corrected chi connectivity index (χ0v) is 23.2. The maximum atomic E-state index is 13.6. The lowest BCUT2D eigenvalue weighted by molar-refractivity contribution is -0.138. The van der Waals surface area contributed by atoms with E-state index in [1.165, 1.54) is 11.3 Å². The molecule has 0 aliphatic carbocycles.